The van der Waals surface area contributed by atoms with Crippen LogP contribution in [-0.4, -0.2) is 74.5 Å². The van der Waals surface area contributed by atoms with E-state index in [4.69, 9.17) is 20.1 Å². The number of piperidine rings is 2. The summed E-state index contributed by atoms with van der Waals surface area (Å²) in [7, 11) is 0. The topological polar surface area (TPSA) is 144 Å². The Morgan fingerprint density at radius 3 is 2.62 bits per heavy atom. The minimum absolute atomic E-state index is 0.0681. The van der Waals surface area contributed by atoms with Crippen molar-refractivity contribution in [1.29, 1.82) is 0 Å². The van der Waals surface area contributed by atoms with E-state index in [2.05, 4.69) is 20.1 Å². The van der Waals surface area contributed by atoms with Crippen LogP contribution >= 0.6 is 0 Å². The Hall–Kier alpha value is -3.71. The molecule has 37 heavy (non-hydrogen) atoms. The lowest BCUT2D eigenvalue weighted by Crippen LogP contribution is -2.48. The number of benzene rings is 1. The van der Waals surface area contributed by atoms with Gasteiger partial charge < -0.3 is 29.9 Å². The Bertz CT molecular complexity index is 1230. The molecule has 196 valence electrons. The molecule has 4 heterocycles. The highest BCUT2D eigenvalue weighted by atomic mass is 19.1. The van der Waals surface area contributed by atoms with Crippen LogP contribution in [0.25, 0.3) is 11.4 Å². The van der Waals surface area contributed by atoms with Gasteiger partial charge in [-0.15, -0.1) is 0 Å². The van der Waals surface area contributed by atoms with Crippen LogP contribution < -0.4 is 10.6 Å². The third kappa shape index (κ3) is 5.67. The molecule has 0 unspecified atom stereocenters. The van der Waals surface area contributed by atoms with Gasteiger partial charge in [0.25, 0.3) is 5.89 Å². The monoisotopic (exact) mass is 515 g/mol. The van der Waals surface area contributed by atoms with Crippen molar-refractivity contribution in [2.24, 2.45) is 5.73 Å². The van der Waals surface area contributed by atoms with Gasteiger partial charge in [0.2, 0.25) is 11.8 Å². The van der Waals surface area contributed by atoms with Crippen molar-refractivity contribution in [3.63, 3.8) is 0 Å². The number of anilines is 1. The van der Waals surface area contributed by atoms with E-state index in [1.165, 1.54) is 11.0 Å². The van der Waals surface area contributed by atoms with Gasteiger partial charge in [-0.2, -0.15) is 4.98 Å². The number of carboxylic acid groups (broad SMARTS) is 1. The second-order valence-corrected chi connectivity index (χ2v) is 9.23. The quantitative estimate of drug-likeness (QED) is 0.503. The number of amides is 1. The fourth-order valence-electron chi connectivity index (χ4n) is 4.78. The molecular weight excluding hydrogens is 488 g/mol. The molecule has 11 nitrogen and oxygen atoms in total. The third-order valence-electron chi connectivity index (χ3n) is 6.82. The van der Waals surface area contributed by atoms with Crippen LogP contribution in [0.3, 0.4) is 0 Å². The Balaban J connectivity index is 1.15. The smallest absolute Gasteiger partial charge is 0.407 e. The summed E-state index contributed by atoms with van der Waals surface area (Å²) in [5.41, 5.74) is 7.19. The van der Waals surface area contributed by atoms with Crippen LogP contribution in [0.1, 0.15) is 36.6 Å². The number of rotatable bonds is 6. The van der Waals surface area contributed by atoms with Crippen molar-refractivity contribution in [2.45, 2.75) is 43.9 Å². The molecule has 0 spiro atoms. The zero-order valence-corrected chi connectivity index (χ0v) is 20.0. The van der Waals surface area contributed by atoms with Crippen LogP contribution in [0, 0.1) is 11.6 Å². The highest BCUT2D eigenvalue weighted by Crippen LogP contribution is 2.31. The molecule has 1 aromatic carbocycles. The van der Waals surface area contributed by atoms with Gasteiger partial charge >= 0.3 is 6.09 Å². The molecule has 2 aliphatic rings. The van der Waals surface area contributed by atoms with Crippen molar-refractivity contribution < 1.29 is 27.9 Å². The SMILES string of the molecule is N[C@H]1CN(c2ncc(-c3noc(COC4CCN(C(=O)O)CC4)n3)cn2)CC[C@@H]1c1cc(F)ccc1F. The first kappa shape index (κ1) is 25.0. The summed E-state index contributed by atoms with van der Waals surface area (Å²) < 4.78 is 38.9. The van der Waals surface area contributed by atoms with Crippen LogP contribution in [0.15, 0.2) is 35.1 Å². The Kier molecular flexibility index (Phi) is 7.24. The number of hydrogen-bond acceptors (Lipinski definition) is 9. The summed E-state index contributed by atoms with van der Waals surface area (Å²) in [6.07, 6.45) is 3.95. The average molecular weight is 516 g/mol. The molecule has 2 fully saturated rings. The normalized spacial score (nSPS) is 20.8. The summed E-state index contributed by atoms with van der Waals surface area (Å²) in [6, 6.07) is 3.03. The van der Waals surface area contributed by atoms with E-state index in [0.717, 1.165) is 12.1 Å². The summed E-state index contributed by atoms with van der Waals surface area (Å²) in [6.45, 7) is 1.94. The van der Waals surface area contributed by atoms with Gasteiger partial charge in [0.05, 0.1) is 11.7 Å². The van der Waals surface area contributed by atoms with E-state index < -0.39 is 23.8 Å². The molecule has 0 aliphatic carbocycles. The first-order chi connectivity index (χ1) is 17.9. The zero-order valence-electron chi connectivity index (χ0n) is 20.0. The molecule has 3 N–H and O–H groups in total. The predicted octanol–water partition coefficient (Wildman–Crippen LogP) is 2.79. The van der Waals surface area contributed by atoms with Crippen molar-refractivity contribution in [3.8, 4) is 11.4 Å². The lowest BCUT2D eigenvalue weighted by Gasteiger charge is -2.37. The first-order valence-corrected chi connectivity index (χ1v) is 12.1. The van der Waals surface area contributed by atoms with E-state index in [1.54, 1.807) is 12.4 Å². The number of halogens is 2. The average Bonchev–Trinajstić information content (AvgIpc) is 3.38. The summed E-state index contributed by atoms with van der Waals surface area (Å²) in [5.74, 6) is -0.139. The fraction of sp³-hybridized carbons (Fsp3) is 0.458. The highest BCUT2D eigenvalue weighted by molar-refractivity contribution is 5.65. The van der Waals surface area contributed by atoms with Crippen LogP contribution in [0.2, 0.25) is 0 Å². The van der Waals surface area contributed by atoms with Crippen molar-refractivity contribution in [1.82, 2.24) is 25.0 Å². The number of likely N-dealkylation sites (tertiary alicyclic amines) is 1. The molecule has 0 saturated carbocycles. The Morgan fingerprint density at radius 2 is 1.92 bits per heavy atom. The second kappa shape index (κ2) is 10.7. The van der Waals surface area contributed by atoms with Gasteiger partial charge in [-0.1, -0.05) is 5.16 Å². The summed E-state index contributed by atoms with van der Waals surface area (Å²) >= 11 is 0. The lowest BCUT2D eigenvalue weighted by molar-refractivity contribution is -0.00953. The molecule has 5 rings (SSSR count). The molecular formula is C24H27F2N7O4. The van der Waals surface area contributed by atoms with E-state index in [-0.39, 0.29) is 18.6 Å². The van der Waals surface area contributed by atoms with E-state index in [1.807, 2.05) is 4.90 Å². The molecule has 2 saturated heterocycles. The summed E-state index contributed by atoms with van der Waals surface area (Å²) in [5, 5.41) is 13.0. The van der Waals surface area contributed by atoms with Gasteiger partial charge in [0.15, 0.2) is 0 Å². The molecule has 2 aliphatic heterocycles. The molecule has 3 aromatic rings. The lowest BCUT2D eigenvalue weighted by atomic mass is 9.85. The van der Waals surface area contributed by atoms with Crippen LogP contribution in [-0.2, 0) is 11.3 Å². The number of nitrogens with two attached hydrogens (primary N) is 1. The number of aromatic nitrogens is 4. The van der Waals surface area contributed by atoms with Gasteiger partial charge in [0, 0.05) is 50.5 Å². The van der Waals surface area contributed by atoms with Gasteiger partial charge in [-0.25, -0.2) is 23.5 Å². The third-order valence-corrected chi connectivity index (χ3v) is 6.82. The standard InChI is InChI=1S/C24H27F2N7O4/c25-15-1-2-19(26)18(9-15)17-5-8-33(12-20(17)27)23-28-10-14(11-29-23)22-30-21(37-31-22)13-36-16-3-6-32(7-4-16)24(34)35/h1-2,9-11,16-17,20H,3-8,12-13,27H2,(H,34,35)/t17-,20+/m1/s1. The maximum absolute atomic E-state index is 14.2. The molecule has 0 radical (unpaired) electrons. The Labute approximate surface area is 211 Å². The molecule has 0 bridgehead atoms. The fourth-order valence-corrected chi connectivity index (χ4v) is 4.78. The van der Waals surface area contributed by atoms with Crippen LogP contribution in [0.5, 0.6) is 0 Å². The maximum atomic E-state index is 14.2. The minimum atomic E-state index is -0.917. The minimum Gasteiger partial charge on any atom is -0.465 e. The number of hydrogen-bond donors (Lipinski definition) is 2. The summed E-state index contributed by atoms with van der Waals surface area (Å²) in [4.78, 5) is 27.4. The van der Waals surface area contributed by atoms with Gasteiger partial charge in [-0.05, 0) is 43.0 Å². The number of carbonyl (C=O) groups is 1. The zero-order chi connectivity index (χ0) is 25.9. The van der Waals surface area contributed by atoms with Crippen LogP contribution in [0.4, 0.5) is 19.5 Å². The number of ether oxygens (including phenoxy) is 1. The highest BCUT2D eigenvalue weighted by Gasteiger charge is 2.31. The second-order valence-electron chi connectivity index (χ2n) is 9.23. The Morgan fingerprint density at radius 1 is 1.16 bits per heavy atom. The van der Waals surface area contributed by atoms with Gasteiger partial charge in [-0.3, -0.25) is 0 Å². The van der Waals surface area contributed by atoms with Crippen molar-refractivity contribution in [2.75, 3.05) is 31.1 Å². The predicted molar refractivity (Wildman–Crippen MR) is 127 cm³/mol. The van der Waals surface area contributed by atoms with Gasteiger partial charge in [0.1, 0.15) is 18.2 Å². The number of nitrogens with zero attached hydrogens (tertiary/aromatic N) is 6. The van der Waals surface area contributed by atoms with Crippen molar-refractivity contribution in [3.05, 3.63) is 53.7 Å². The largest absolute Gasteiger partial charge is 0.465 e. The molecule has 2 atom stereocenters. The molecule has 1 amide bonds. The maximum Gasteiger partial charge on any atom is 0.407 e. The first-order valence-electron chi connectivity index (χ1n) is 12.1. The van der Waals surface area contributed by atoms with E-state index >= 15 is 0 Å². The van der Waals surface area contributed by atoms with E-state index in [0.29, 0.717) is 74.2 Å². The molecule has 2 aromatic heterocycles. The van der Waals surface area contributed by atoms with E-state index in [9.17, 15) is 13.6 Å². The molecule has 13 heteroatoms. The van der Waals surface area contributed by atoms with Crippen molar-refractivity contribution >= 4 is 12.0 Å².